The Bertz CT molecular complexity index is 3220. The van der Waals surface area contributed by atoms with Gasteiger partial charge in [0.05, 0.1) is 6.04 Å². The van der Waals surface area contributed by atoms with Crippen LogP contribution in [0.5, 0.6) is 5.75 Å². The number of nitrogens with one attached hydrogen (secondary N) is 6. The molecule has 14 nitrogen and oxygen atoms in total. The number of benzene rings is 6. The number of Topliss-reactive ketones (excluding diaryl/α,β-unsaturated/α-hetero) is 1. The van der Waals surface area contributed by atoms with Crippen molar-refractivity contribution in [1.29, 1.82) is 0 Å². The van der Waals surface area contributed by atoms with Gasteiger partial charge in [0, 0.05) is 65.8 Å². The van der Waals surface area contributed by atoms with E-state index in [1.165, 1.54) is 0 Å². The maximum Gasteiger partial charge on any atom is 0.326 e. The van der Waals surface area contributed by atoms with Crippen molar-refractivity contribution in [2.75, 3.05) is 6.61 Å². The number of fused-ring (bicyclic) bond motifs is 18. The van der Waals surface area contributed by atoms with Crippen molar-refractivity contribution in [2.24, 2.45) is 5.92 Å². The van der Waals surface area contributed by atoms with Crippen molar-refractivity contribution in [2.45, 2.75) is 69.1 Å². The van der Waals surface area contributed by atoms with Crippen molar-refractivity contribution in [3.63, 3.8) is 0 Å². The minimum atomic E-state index is -1.26. The first-order chi connectivity index (χ1) is 35.5. The van der Waals surface area contributed by atoms with Crippen LogP contribution in [0.3, 0.4) is 0 Å². The highest BCUT2D eigenvalue weighted by Crippen LogP contribution is 2.25. The average Bonchev–Trinajstić information content (AvgIpc) is 4.02. The summed E-state index contributed by atoms with van der Waals surface area (Å²) in [6, 6.07) is 43.8. The molecule has 0 aliphatic carbocycles. The molecule has 0 spiro atoms. The fourth-order valence-electron chi connectivity index (χ4n) is 9.49. The number of carbonyl (C=O) groups is 6. The van der Waals surface area contributed by atoms with Gasteiger partial charge in [-0.3, -0.25) is 24.0 Å². The molecule has 0 saturated carbocycles. The summed E-state index contributed by atoms with van der Waals surface area (Å²) in [4.78, 5) is 92.1. The second kappa shape index (κ2) is 23.0. The molecule has 8 aromatic rings. The number of hydrogen-bond acceptors (Lipinski definition) is 7. The van der Waals surface area contributed by atoms with Crippen LogP contribution in [0, 0.1) is 5.92 Å². The number of ether oxygens (including phenoxy) is 1. The third kappa shape index (κ3) is 12.6. The van der Waals surface area contributed by atoms with Gasteiger partial charge in [-0.2, -0.15) is 0 Å². The molecule has 0 radical (unpaired) electrons. The summed E-state index contributed by atoms with van der Waals surface area (Å²) in [5.41, 5.74) is 7.37. The van der Waals surface area contributed by atoms with E-state index < -0.39 is 72.1 Å². The summed E-state index contributed by atoms with van der Waals surface area (Å²) in [7, 11) is 0. The largest absolute Gasteiger partial charge is 0.484 e. The Morgan fingerprint density at radius 3 is 1.75 bits per heavy atom. The molecule has 2 aliphatic heterocycles. The molecule has 0 fully saturated rings. The molecule has 2 aromatic heterocycles. The van der Waals surface area contributed by atoms with Crippen LogP contribution in [0.15, 0.2) is 170 Å². The van der Waals surface area contributed by atoms with Crippen LogP contribution < -0.4 is 26.0 Å². The number of amides is 4. The minimum Gasteiger partial charge on any atom is -0.484 e. The molecule has 0 unspecified atom stereocenters. The van der Waals surface area contributed by atoms with Gasteiger partial charge in [0.1, 0.15) is 23.9 Å². The van der Waals surface area contributed by atoms with E-state index in [2.05, 4.69) is 31.2 Å². The summed E-state index contributed by atoms with van der Waals surface area (Å²) in [6.45, 7) is -0.441. The quantitative estimate of drug-likeness (QED) is 0.0586. The van der Waals surface area contributed by atoms with E-state index in [0.29, 0.717) is 23.3 Å². The van der Waals surface area contributed by atoms with Crippen LogP contribution in [-0.2, 0) is 60.9 Å². The molecule has 4 amide bonds. The number of hydrogen-bond donors (Lipinski definition) is 7. The summed E-state index contributed by atoms with van der Waals surface area (Å²) in [6.07, 6.45) is 3.82. The first kappa shape index (κ1) is 49.2. The SMILES string of the molecule is O=C1COc2ccc(cc2)C[C@H](C(=O)N[C@H](CCc2ccccc2)C(=O)O)CC(=O)[C@H](Cc2c[nH]c3ccccc23)NC(=O)[C@@H](Cc2ccc(-c3ccccc3)cc2)NC(=O)[C@H](Cc2c[nH]c3ccccc23)N1. The normalized spacial score (nSPS) is 18.4. The summed E-state index contributed by atoms with van der Waals surface area (Å²) in [5.74, 6) is -4.95. The van der Waals surface area contributed by atoms with Crippen molar-refractivity contribution < 1.29 is 38.6 Å². The molecule has 10 rings (SSSR count). The van der Waals surface area contributed by atoms with Gasteiger partial charge in [0.2, 0.25) is 17.7 Å². The van der Waals surface area contributed by atoms with E-state index in [9.17, 15) is 24.3 Å². The fraction of sp³-hybridized carbons (Fsp3) is 0.220. The number of para-hydroxylation sites is 2. The number of aliphatic carboxylic acids is 1. The van der Waals surface area contributed by atoms with E-state index in [0.717, 1.165) is 49.6 Å². The third-order valence-electron chi connectivity index (χ3n) is 13.5. The highest BCUT2D eigenvalue weighted by molar-refractivity contribution is 5.97. The summed E-state index contributed by atoms with van der Waals surface area (Å²) in [5, 5.41) is 23.5. The van der Waals surface area contributed by atoms with Crippen LogP contribution >= 0.6 is 0 Å². The highest BCUT2D eigenvalue weighted by Gasteiger charge is 2.34. The molecular weight excluding hydrogens is 921 g/mol. The van der Waals surface area contributed by atoms with Crippen LogP contribution in [0.4, 0.5) is 0 Å². The number of H-pyrrole nitrogens is 2. The van der Waals surface area contributed by atoms with Gasteiger partial charge in [-0.1, -0.05) is 133 Å². The van der Waals surface area contributed by atoms with Gasteiger partial charge in [-0.05, 0) is 82.5 Å². The average molecular weight is 977 g/mol. The first-order valence-electron chi connectivity index (χ1n) is 24.5. The fourth-order valence-corrected chi connectivity index (χ4v) is 9.49. The molecule has 2 bridgehead atoms. The van der Waals surface area contributed by atoms with Crippen molar-refractivity contribution >= 4 is 57.2 Å². The Hall–Kier alpha value is -8.78. The number of carbonyl (C=O) groups excluding carboxylic acids is 5. The van der Waals surface area contributed by atoms with Crippen LogP contribution in [0.25, 0.3) is 32.9 Å². The lowest BCUT2D eigenvalue weighted by molar-refractivity contribution is -0.143. The lowest BCUT2D eigenvalue weighted by Gasteiger charge is -2.26. The zero-order chi connectivity index (χ0) is 50.7. The summed E-state index contributed by atoms with van der Waals surface area (Å²) < 4.78 is 5.90. The molecule has 7 N–H and O–H groups in total. The number of ketones is 1. The molecule has 14 heteroatoms. The van der Waals surface area contributed by atoms with Crippen molar-refractivity contribution in [3.8, 4) is 16.9 Å². The molecule has 2 aliphatic rings. The first-order valence-corrected chi connectivity index (χ1v) is 24.5. The van der Waals surface area contributed by atoms with Gasteiger partial charge in [0.25, 0.3) is 5.91 Å². The van der Waals surface area contributed by atoms with E-state index in [4.69, 9.17) is 4.74 Å². The molecule has 6 aromatic carbocycles. The Morgan fingerprint density at radius 1 is 0.575 bits per heavy atom. The molecular formula is C59H56N6O8. The van der Waals surface area contributed by atoms with Crippen LogP contribution in [0.1, 0.15) is 40.7 Å². The van der Waals surface area contributed by atoms with Gasteiger partial charge in [-0.15, -0.1) is 0 Å². The second-order valence-electron chi connectivity index (χ2n) is 18.6. The lowest BCUT2D eigenvalue weighted by Crippen LogP contribution is -2.57. The zero-order valence-electron chi connectivity index (χ0n) is 40.0. The lowest BCUT2D eigenvalue weighted by atomic mass is 9.89. The number of rotatable bonds is 13. The van der Waals surface area contributed by atoms with E-state index >= 15 is 9.59 Å². The molecule has 0 saturated heterocycles. The standard InChI is InChI=1S/C59H56N6O8/c66-54-33-42(56(68)63-50(59(71)72)28-23-37-11-3-1-4-12-37)29-38-21-26-45(27-22-38)73-36-55(67)62-53(32-44-35-61-49-18-10-8-16-47(44)49)58(70)65-52(30-39-19-24-41(25-20-39)40-13-5-2-6-14-40)57(69)64-51(54)31-43-34-60-48-17-9-7-15-46(43)48/h1-22,24-27,34-35,42,50-53,60-61H,23,28-33,36H2,(H,62,67)(H,63,68)(H,64,69)(H,65,70)(H,71,72)/t42-,50+,51-,52+,53-/m0/s1. The third-order valence-corrected chi connectivity index (χ3v) is 13.5. The highest BCUT2D eigenvalue weighted by atomic mass is 16.5. The minimum absolute atomic E-state index is 0.00999. The predicted octanol–water partition coefficient (Wildman–Crippen LogP) is 7.21. The molecule has 5 atom stereocenters. The molecule has 4 heterocycles. The van der Waals surface area contributed by atoms with E-state index in [1.54, 1.807) is 36.7 Å². The monoisotopic (exact) mass is 976 g/mol. The smallest absolute Gasteiger partial charge is 0.326 e. The van der Waals surface area contributed by atoms with Gasteiger partial charge in [0.15, 0.2) is 12.4 Å². The van der Waals surface area contributed by atoms with E-state index in [-0.39, 0.29) is 38.5 Å². The number of carboxylic acid groups (broad SMARTS) is 1. The van der Waals surface area contributed by atoms with Crippen LogP contribution in [0.2, 0.25) is 0 Å². The van der Waals surface area contributed by atoms with Crippen molar-refractivity contribution in [1.82, 2.24) is 31.2 Å². The Morgan fingerprint density at radius 2 is 1.12 bits per heavy atom. The Kier molecular flexibility index (Phi) is 15.5. The zero-order valence-corrected chi connectivity index (χ0v) is 40.0. The predicted molar refractivity (Wildman–Crippen MR) is 278 cm³/mol. The topological polar surface area (TPSA) is 212 Å². The van der Waals surface area contributed by atoms with Crippen molar-refractivity contribution in [3.05, 3.63) is 198 Å². The summed E-state index contributed by atoms with van der Waals surface area (Å²) >= 11 is 0. The van der Waals surface area contributed by atoms with Gasteiger partial charge >= 0.3 is 5.97 Å². The second-order valence-corrected chi connectivity index (χ2v) is 18.6. The molecule has 73 heavy (non-hydrogen) atoms. The number of carboxylic acids is 1. The maximum absolute atomic E-state index is 15.1. The van der Waals surface area contributed by atoms with Gasteiger partial charge < -0.3 is 41.1 Å². The van der Waals surface area contributed by atoms with Gasteiger partial charge in [-0.25, -0.2) is 4.79 Å². The van der Waals surface area contributed by atoms with E-state index in [1.807, 2.05) is 133 Å². The maximum atomic E-state index is 15.1. The molecule has 370 valence electrons. The number of aromatic amines is 2. The van der Waals surface area contributed by atoms with Crippen LogP contribution in [-0.4, -0.2) is 81.2 Å². The Labute approximate surface area is 422 Å². The number of aromatic nitrogens is 2. The number of aryl methyl sites for hydroxylation is 1. The Balaban J connectivity index is 1.07.